The largest absolute Gasteiger partial charge is 0.457 e. The van der Waals surface area contributed by atoms with E-state index in [-0.39, 0.29) is 13.4 Å². The fourth-order valence-electron chi connectivity index (χ4n) is 3.56. The summed E-state index contributed by atoms with van der Waals surface area (Å²) in [6.07, 6.45) is 2.83. The standard InChI is InChI=1S/C22H26N10O.C5H14N2.2C2H6.CH4/c1-30(2)12-13-31(3)22-27-20-18(14-23)19(29-32(20)21(24)28-22)26-15-4-6-16(7-5-15)33-17-8-10-25-11-9-17;1-6-4-5-7(2)3;2*1-2;/h4-11,19,26,29H,12-13H2,1-3H3,(H2,24,27,28);6H,4-5H2,1-3H3;2*1-2H3;1H4. The van der Waals surface area contributed by atoms with Gasteiger partial charge in [-0.3, -0.25) is 4.98 Å². The van der Waals surface area contributed by atoms with Gasteiger partial charge in [-0.15, -0.1) is 0 Å². The zero-order chi connectivity index (χ0) is 33.1. The molecule has 0 amide bonds. The molecule has 1 unspecified atom stereocenters. The van der Waals surface area contributed by atoms with E-state index < -0.39 is 6.17 Å². The van der Waals surface area contributed by atoms with E-state index in [1.54, 1.807) is 24.5 Å². The predicted octanol–water partition coefficient (Wildman–Crippen LogP) is 3.80. The van der Waals surface area contributed by atoms with Gasteiger partial charge in [-0.05, 0) is 71.6 Å². The third-order valence-electron chi connectivity index (χ3n) is 5.85. The number of fused-ring (bicyclic) bond motifs is 1. The first kappa shape index (κ1) is 40.8. The van der Waals surface area contributed by atoms with Gasteiger partial charge in [0.25, 0.3) is 0 Å². The highest BCUT2D eigenvalue weighted by Crippen LogP contribution is 2.27. The Morgan fingerprint density at radius 1 is 0.911 bits per heavy atom. The van der Waals surface area contributed by atoms with Gasteiger partial charge in [-0.25, -0.2) is 5.01 Å². The molecule has 45 heavy (non-hydrogen) atoms. The summed E-state index contributed by atoms with van der Waals surface area (Å²) in [5.74, 6) is 2.52. The molecule has 2 aromatic rings. The Labute approximate surface area is 271 Å². The summed E-state index contributed by atoms with van der Waals surface area (Å²) < 4.78 is 5.79. The van der Waals surface area contributed by atoms with Crippen molar-refractivity contribution in [3.05, 3.63) is 60.2 Å². The molecule has 4 rings (SSSR count). The van der Waals surface area contributed by atoms with E-state index in [0.717, 1.165) is 31.9 Å². The van der Waals surface area contributed by atoms with E-state index in [4.69, 9.17) is 10.5 Å². The minimum absolute atomic E-state index is 0. The number of ether oxygens (including phenoxy) is 1. The van der Waals surface area contributed by atoms with Crippen LogP contribution >= 0.6 is 0 Å². The van der Waals surface area contributed by atoms with Crippen molar-refractivity contribution < 1.29 is 4.74 Å². The first-order valence-electron chi connectivity index (χ1n) is 14.9. The molecule has 0 aliphatic carbocycles. The molecule has 1 aromatic carbocycles. The number of hydrogen-bond acceptors (Lipinski definition) is 13. The lowest BCUT2D eigenvalue weighted by Crippen LogP contribution is -2.50. The lowest BCUT2D eigenvalue weighted by atomic mass is 10.2. The van der Waals surface area contributed by atoms with E-state index in [9.17, 15) is 5.26 Å². The smallest absolute Gasteiger partial charge is 0.230 e. The van der Waals surface area contributed by atoms with Crippen LogP contribution in [0.25, 0.3) is 0 Å². The highest BCUT2D eigenvalue weighted by Gasteiger charge is 2.36. The van der Waals surface area contributed by atoms with Crippen molar-refractivity contribution in [2.45, 2.75) is 41.3 Å². The van der Waals surface area contributed by atoms with Gasteiger partial charge in [0.1, 0.15) is 29.3 Å². The van der Waals surface area contributed by atoms with Crippen LogP contribution in [0.5, 0.6) is 11.5 Å². The summed E-state index contributed by atoms with van der Waals surface area (Å²) in [6.45, 7) is 11.8. The molecular formula is C32H56N12O. The number of nitriles is 1. The number of hydrazine groups is 1. The van der Waals surface area contributed by atoms with Crippen LogP contribution in [-0.4, -0.2) is 111 Å². The second-order valence-electron chi connectivity index (χ2n) is 9.71. The van der Waals surface area contributed by atoms with Gasteiger partial charge in [-0.1, -0.05) is 35.1 Å². The average Bonchev–Trinajstić information content (AvgIpc) is 3.40. The van der Waals surface area contributed by atoms with Crippen molar-refractivity contribution in [1.29, 1.82) is 5.26 Å². The summed E-state index contributed by atoms with van der Waals surface area (Å²) in [5, 5.41) is 17.7. The SMILES string of the molecule is C.CC.CC.CN(C)CCN(C)C1=NC2=C(C#N)C(Nc3ccc(Oc4ccncc4)cc3)NN2C(N)=N1.CNCCN(C)C. The zero-order valence-electron chi connectivity index (χ0n) is 28.1. The molecule has 1 aromatic heterocycles. The Morgan fingerprint density at radius 2 is 1.49 bits per heavy atom. The molecule has 2 aliphatic heterocycles. The molecule has 13 heteroatoms. The monoisotopic (exact) mass is 624 g/mol. The van der Waals surface area contributed by atoms with Crippen LogP contribution in [0.3, 0.4) is 0 Å². The third kappa shape index (κ3) is 13.5. The maximum atomic E-state index is 9.84. The maximum Gasteiger partial charge on any atom is 0.230 e. The van der Waals surface area contributed by atoms with Crippen molar-refractivity contribution in [3.8, 4) is 17.6 Å². The van der Waals surface area contributed by atoms with Gasteiger partial charge in [-0.2, -0.15) is 20.7 Å². The number of aromatic nitrogens is 1. The lowest BCUT2D eigenvalue weighted by Gasteiger charge is -2.27. The molecule has 0 radical (unpaired) electrons. The Balaban J connectivity index is 0.00000141. The molecule has 0 bridgehead atoms. The Kier molecular flexibility index (Phi) is 20.2. The summed E-state index contributed by atoms with van der Waals surface area (Å²) >= 11 is 0. The first-order chi connectivity index (χ1) is 21.2. The van der Waals surface area contributed by atoms with Gasteiger partial charge in [0.2, 0.25) is 11.9 Å². The number of anilines is 1. The van der Waals surface area contributed by atoms with Crippen LogP contribution in [0.2, 0.25) is 0 Å². The van der Waals surface area contributed by atoms with Crippen LogP contribution in [0.15, 0.2) is 70.2 Å². The molecule has 0 spiro atoms. The van der Waals surface area contributed by atoms with E-state index in [0.29, 0.717) is 28.9 Å². The average molecular weight is 625 g/mol. The normalized spacial score (nSPS) is 14.6. The second kappa shape index (κ2) is 22.3. The number of nitrogens with zero attached hydrogens (tertiary/aromatic N) is 8. The summed E-state index contributed by atoms with van der Waals surface area (Å²) in [4.78, 5) is 19.1. The van der Waals surface area contributed by atoms with Crippen molar-refractivity contribution >= 4 is 17.6 Å². The number of rotatable bonds is 10. The van der Waals surface area contributed by atoms with E-state index in [2.05, 4.69) is 61.0 Å². The third-order valence-corrected chi connectivity index (χ3v) is 5.85. The van der Waals surface area contributed by atoms with Crippen molar-refractivity contribution in [3.63, 3.8) is 0 Å². The predicted molar refractivity (Wildman–Crippen MR) is 188 cm³/mol. The van der Waals surface area contributed by atoms with Gasteiger partial charge >= 0.3 is 0 Å². The fourth-order valence-corrected chi connectivity index (χ4v) is 3.56. The van der Waals surface area contributed by atoms with Gasteiger partial charge < -0.3 is 35.8 Å². The van der Waals surface area contributed by atoms with Gasteiger partial charge in [0.05, 0.1) is 0 Å². The maximum absolute atomic E-state index is 9.84. The highest BCUT2D eigenvalue weighted by molar-refractivity contribution is 5.98. The number of aliphatic imine (C=N–C) groups is 2. The number of pyridine rings is 1. The fraction of sp³-hybridized carbons (Fsp3) is 0.500. The van der Waals surface area contributed by atoms with Gasteiger partial charge in [0, 0.05) is 51.3 Å². The van der Waals surface area contributed by atoms with Crippen LogP contribution in [0.4, 0.5) is 5.69 Å². The van der Waals surface area contributed by atoms with E-state index >= 15 is 0 Å². The number of guanidine groups is 2. The molecule has 0 saturated heterocycles. The minimum Gasteiger partial charge on any atom is -0.457 e. The van der Waals surface area contributed by atoms with Crippen LogP contribution in [-0.2, 0) is 0 Å². The summed E-state index contributed by atoms with van der Waals surface area (Å²) in [7, 11) is 12.0. The van der Waals surface area contributed by atoms with Crippen molar-refractivity contribution in [2.24, 2.45) is 15.7 Å². The molecule has 2 aliphatic rings. The van der Waals surface area contributed by atoms with E-state index in [1.807, 2.05) is 85.1 Å². The lowest BCUT2D eigenvalue weighted by molar-refractivity contribution is 0.349. The van der Waals surface area contributed by atoms with Crippen LogP contribution in [0, 0.1) is 11.3 Å². The first-order valence-corrected chi connectivity index (χ1v) is 14.9. The van der Waals surface area contributed by atoms with Gasteiger partial charge in [0.15, 0.2) is 5.82 Å². The number of nitrogens with one attached hydrogen (secondary N) is 3. The van der Waals surface area contributed by atoms with Crippen molar-refractivity contribution in [2.75, 3.05) is 73.8 Å². The molecule has 250 valence electrons. The number of likely N-dealkylation sites (N-methyl/N-ethyl adjacent to an activating group) is 4. The quantitative estimate of drug-likeness (QED) is 0.306. The summed E-state index contributed by atoms with van der Waals surface area (Å²) in [6, 6.07) is 13.2. The Hall–Kier alpha value is -4.22. The Bertz CT molecular complexity index is 1220. The number of nitrogens with two attached hydrogens (primary N) is 1. The topological polar surface area (TPSA) is 146 Å². The minimum atomic E-state index is -0.513. The highest BCUT2D eigenvalue weighted by atomic mass is 16.5. The number of hydrogen-bond donors (Lipinski definition) is 4. The van der Waals surface area contributed by atoms with Crippen LogP contribution in [0.1, 0.15) is 35.1 Å². The second-order valence-corrected chi connectivity index (χ2v) is 9.71. The molecule has 1 atom stereocenters. The molecular weight excluding hydrogens is 568 g/mol. The molecule has 0 saturated carbocycles. The van der Waals surface area contributed by atoms with Crippen LogP contribution < -0.4 is 26.5 Å². The zero-order valence-corrected chi connectivity index (χ0v) is 28.1. The van der Waals surface area contributed by atoms with E-state index in [1.165, 1.54) is 5.01 Å². The molecule has 5 N–H and O–H groups in total. The molecule has 0 fully saturated rings. The molecule has 13 nitrogen and oxygen atoms in total. The molecule has 3 heterocycles. The van der Waals surface area contributed by atoms with Crippen molar-refractivity contribution in [1.82, 2.24) is 35.4 Å². The number of benzene rings is 1. The Morgan fingerprint density at radius 3 is 2.00 bits per heavy atom. The summed E-state index contributed by atoms with van der Waals surface area (Å²) in [5.41, 5.74) is 10.5.